The van der Waals surface area contributed by atoms with Gasteiger partial charge in [-0.15, -0.1) is 0 Å². The third-order valence-corrected chi connectivity index (χ3v) is 3.48. The number of phenolic OH excluding ortho intramolecular Hbond substituents is 4. The van der Waals surface area contributed by atoms with Gasteiger partial charge < -0.3 is 31.1 Å². The van der Waals surface area contributed by atoms with E-state index < -0.39 is 0 Å². The number of carbonyl (C=O) groups is 1. The van der Waals surface area contributed by atoms with E-state index in [0.717, 1.165) is 11.1 Å². The van der Waals surface area contributed by atoms with E-state index in [4.69, 9.17) is 0 Å². The molecule has 0 aliphatic rings. The van der Waals surface area contributed by atoms with Gasteiger partial charge >= 0.3 is 6.03 Å². The van der Waals surface area contributed by atoms with Gasteiger partial charge in [0.25, 0.3) is 0 Å². The Morgan fingerprint density at radius 2 is 1.12 bits per heavy atom. The molecule has 0 fully saturated rings. The summed E-state index contributed by atoms with van der Waals surface area (Å²) in [4.78, 5) is 11.7. The first kappa shape index (κ1) is 17.3. The van der Waals surface area contributed by atoms with Gasteiger partial charge in [-0.05, 0) is 48.2 Å². The van der Waals surface area contributed by atoms with Crippen molar-refractivity contribution in [1.82, 2.24) is 10.6 Å². The fraction of sp³-hybridized carbons (Fsp3) is 0.235. The van der Waals surface area contributed by atoms with Crippen LogP contribution in [0.4, 0.5) is 4.79 Å². The molecule has 7 heteroatoms. The molecule has 6 N–H and O–H groups in total. The second kappa shape index (κ2) is 7.96. The monoisotopic (exact) mass is 332 g/mol. The van der Waals surface area contributed by atoms with E-state index in [1.807, 2.05) is 0 Å². The molecule has 0 bridgehead atoms. The van der Waals surface area contributed by atoms with Crippen LogP contribution in [-0.2, 0) is 12.8 Å². The van der Waals surface area contributed by atoms with Crippen molar-refractivity contribution < 1.29 is 25.2 Å². The first-order valence-corrected chi connectivity index (χ1v) is 7.49. The molecule has 7 nitrogen and oxygen atoms in total. The molecule has 0 aliphatic carbocycles. The number of hydrogen-bond acceptors (Lipinski definition) is 5. The number of benzene rings is 2. The SMILES string of the molecule is O=C(NCCc1ccc(O)c(O)c1)NCCc1ccc(O)c(O)c1. The highest BCUT2D eigenvalue weighted by Crippen LogP contribution is 2.25. The number of hydrogen-bond donors (Lipinski definition) is 6. The molecule has 2 aromatic carbocycles. The van der Waals surface area contributed by atoms with Crippen LogP contribution in [0.2, 0.25) is 0 Å². The maximum absolute atomic E-state index is 11.7. The Hall–Kier alpha value is -3.09. The molecule has 24 heavy (non-hydrogen) atoms. The van der Waals surface area contributed by atoms with Gasteiger partial charge in [-0.25, -0.2) is 4.79 Å². The Balaban J connectivity index is 1.67. The van der Waals surface area contributed by atoms with Crippen molar-refractivity contribution in [3.63, 3.8) is 0 Å². The molecule has 2 rings (SSSR count). The van der Waals surface area contributed by atoms with Crippen LogP contribution in [0.5, 0.6) is 23.0 Å². The molecule has 0 saturated heterocycles. The topological polar surface area (TPSA) is 122 Å². The molecular formula is C17H20N2O5. The molecule has 0 spiro atoms. The second-order valence-electron chi connectivity index (χ2n) is 5.33. The largest absolute Gasteiger partial charge is 0.504 e. The number of amides is 2. The minimum Gasteiger partial charge on any atom is -0.504 e. The smallest absolute Gasteiger partial charge is 0.314 e. The van der Waals surface area contributed by atoms with Gasteiger partial charge in [0.2, 0.25) is 0 Å². The van der Waals surface area contributed by atoms with Crippen molar-refractivity contribution in [3.8, 4) is 23.0 Å². The van der Waals surface area contributed by atoms with Gasteiger partial charge in [-0.3, -0.25) is 0 Å². The van der Waals surface area contributed by atoms with Crippen molar-refractivity contribution in [2.75, 3.05) is 13.1 Å². The summed E-state index contributed by atoms with van der Waals surface area (Å²) in [5.41, 5.74) is 1.59. The van der Waals surface area contributed by atoms with E-state index in [-0.39, 0.29) is 29.0 Å². The number of phenols is 4. The van der Waals surface area contributed by atoms with Gasteiger partial charge in [-0.1, -0.05) is 12.1 Å². The number of nitrogens with one attached hydrogen (secondary N) is 2. The molecule has 2 aromatic rings. The lowest BCUT2D eigenvalue weighted by Gasteiger charge is -2.09. The average Bonchev–Trinajstić information content (AvgIpc) is 2.54. The average molecular weight is 332 g/mol. The van der Waals surface area contributed by atoms with E-state index in [0.29, 0.717) is 25.9 Å². The Morgan fingerprint density at radius 1 is 0.708 bits per heavy atom. The molecule has 0 heterocycles. The number of aromatic hydroxyl groups is 4. The van der Waals surface area contributed by atoms with Crippen LogP contribution in [-0.4, -0.2) is 39.5 Å². The van der Waals surface area contributed by atoms with Crippen molar-refractivity contribution >= 4 is 6.03 Å². The molecule has 0 aromatic heterocycles. The fourth-order valence-electron chi connectivity index (χ4n) is 2.15. The van der Waals surface area contributed by atoms with Crippen molar-refractivity contribution in [2.24, 2.45) is 0 Å². The van der Waals surface area contributed by atoms with Gasteiger partial charge in [0, 0.05) is 13.1 Å². The molecule has 0 unspecified atom stereocenters. The lowest BCUT2D eigenvalue weighted by Crippen LogP contribution is -2.37. The maximum atomic E-state index is 11.7. The molecule has 0 atom stereocenters. The van der Waals surface area contributed by atoms with Crippen LogP contribution in [0.1, 0.15) is 11.1 Å². The highest BCUT2D eigenvalue weighted by molar-refractivity contribution is 5.73. The van der Waals surface area contributed by atoms with Gasteiger partial charge in [0.15, 0.2) is 23.0 Å². The predicted octanol–water partition coefficient (Wildman–Crippen LogP) is 1.59. The zero-order chi connectivity index (χ0) is 17.5. The summed E-state index contributed by atoms with van der Waals surface area (Å²) < 4.78 is 0. The van der Waals surface area contributed by atoms with Crippen LogP contribution in [0, 0.1) is 0 Å². The van der Waals surface area contributed by atoms with Crippen molar-refractivity contribution in [2.45, 2.75) is 12.8 Å². The minimum atomic E-state index is -0.319. The molecular weight excluding hydrogens is 312 g/mol. The quantitative estimate of drug-likeness (QED) is 0.449. The van der Waals surface area contributed by atoms with Crippen molar-refractivity contribution in [3.05, 3.63) is 47.5 Å². The summed E-state index contributed by atoms with van der Waals surface area (Å²) in [7, 11) is 0. The second-order valence-corrected chi connectivity index (χ2v) is 5.33. The Kier molecular flexibility index (Phi) is 5.73. The van der Waals surface area contributed by atoms with E-state index >= 15 is 0 Å². The van der Waals surface area contributed by atoms with Gasteiger partial charge in [-0.2, -0.15) is 0 Å². The first-order chi connectivity index (χ1) is 11.5. The Morgan fingerprint density at radius 3 is 1.50 bits per heavy atom. The molecule has 0 saturated carbocycles. The minimum absolute atomic E-state index is 0.176. The summed E-state index contributed by atoms with van der Waals surface area (Å²) in [6, 6.07) is 8.73. The molecule has 0 aliphatic heterocycles. The molecule has 0 radical (unpaired) electrons. The van der Waals surface area contributed by atoms with E-state index in [1.54, 1.807) is 12.1 Å². The normalized spacial score (nSPS) is 10.3. The van der Waals surface area contributed by atoms with Crippen LogP contribution in [0.15, 0.2) is 36.4 Å². The first-order valence-electron chi connectivity index (χ1n) is 7.49. The summed E-state index contributed by atoms with van der Waals surface area (Å²) in [5, 5.41) is 42.6. The molecule has 128 valence electrons. The Bertz CT molecular complexity index is 659. The zero-order valence-electron chi connectivity index (χ0n) is 13.0. The predicted molar refractivity (Wildman–Crippen MR) is 88.4 cm³/mol. The summed E-state index contributed by atoms with van der Waals surface area (Å²) in [5.74, 6) is -0.724. The molecule has 2 amide bonds. The lowest BCUT2D eigenvalue weighted by atomic mass is 10.1. The van der Waals surface area contributed by atoms with Gasteiger partial charge in [0.1, 0.15) is 0 Å². The number of carbonyl (C=O) groups excluding carboxylic acids is 1. The van der Waals surface area contributed by atoms with Crippen LogP contribution in [0.25, 0.3) is 0 Å². The highest BCUT2D eigenvalue weighted by Gasteiger charge is 2.04. The standard InChI is InChI=1S/C17H20N2O5/c20-13-3-1-11(9-15(13)22)5-7-18-17(24)19-8-6-12-2-4-14(21)16(23)10-12/h1-4,9-10,20-23H,5-8H2,(H2,18,19,24). The van der Waals surface area contributed by atoms with E-state index in [9.17, 15) is 25.2 Å². The summed E-state index contributed by atoms with van der Waals surface area (Å²) in [6.07, 6.45) is 1.04. The fourth-order valence-corrected chi connectivity index (χ4v) is 2.15. The summed E-state index contributed by atoms with van der Waals surface area (Å²) in [6.45, 7) is 0.770. The van der Waals surface area contributed by atoms with E-state index in [2.05, 4.69) is 10.6 Å². The van der Waals surface area contributed by atoms with Crippen LogP contribution >= 0.6 is 0 Å². The third kappa shape index (κ3) is 4.98. The van der Waals surface area contributed by atoms with E-state index in [1.165, 1.54) is 24.3 Å². The summed E-state index contributed by atoms with van der Waals surface area (Å²) >= 11 is 0. The third-order valence-electron chi connectivity index (χ3n) is 3.48. The van der Waals surface area contributed by atoms with Gasteiger partial charge in [0.05, 0.1) is 0 Å². The maximum Gasteiger partial charge on any atom is 0.314 e. The lowest BCUT2D eigenvalue weighted by molar-refractivity contribution is 0.241. The number of urea groups is 1. The van der Waals surface area contributed by atoms with Crippen LogP contribution in [0.3, 0.4) is 0 Å². The highest BCUT2D eigenvalue weighted by atomic mass is 16.3. The number of rotatable bonds is 6. The van der Waals surface area contributed by atoms with Crippen molar-refractivity contribution in [1.29, 1.82) is 0 Å². The zero-order valence-corrected chi connectivity index (χ0v) is 13.0. The van der Waals surface area contributed by atoms with Crippen LogP contribution < -0.4 is 10.6 Å². The Labute approximate surface area is 139 Å².